The Kier molecular flexibility index (Phi) is 6.00. The van der Waals surface area contributed by atoms with Gasteiger partial charge in [-0.25, -0.2) is 0 Å². The third kappa shape index (κ3) is 4.83. The zero-order chi connectivity index (χ0) is 16.1. The number of rotatable bonds is 5. The zero-order valence-electron chi connectivity index (χ0n) is 12.6. The van der Waals surface area contributed by atoms with Crippen molar-refractivity contribution < 1.29 is 9.69 Å². The maximum Gasteiger partial charge on any atom is 0.253 e. The van der Waals surface area contributed by atoms with Crippen LogP contribution in [0.15, 0.2) is 46.9 Å². The smallest absolute Gasteiger partial charge is 0.253 e. The van der Waals surface area contributed by atoms with E-state index in [2.05, 4.69) is 47.5 Å². The minimum absolute atomic E-state index is 0.173. The van der Waals surface area contributed by atoms with Gasteiger partial charge < -0.3 is 10.2 Å². The molecule has 116 valence electrons. The first kappa shape index (κ1) is 17.0. The molecule has 0 saturated heterocycles. The fourth-order valence-electron chi connectivity index (χ4n) is 2.13. The summed E-state index contributed by atoms with van der Waals surface area (Å²) in [6.07, 6.45) is 0. The summed E-state index contributed by atoms with van der Waals surface area (Å²) < 4.78 is 0.831. The van der Waals surface area contributed by atoms with Crippen molar-refractivity contribution in [2.24, 2.45) is 0 Å². The number of benzene rings is 2. The maximum atomic E-state index is 12.2. The quantitative estimate of drug-likeness (QED) is 0.819. The number of hydrogen-bond acceptors (Lipinski definition) is 1. The van der Waals surface area contributed by atoms with Crippen LogP contribution >= 0.6 is 27.5 Å². The molecule has 0 fully saturated rings. The molecular formula is C17H19BrClN2O+. The topological polar surface area (TPSA) is 33.5 Å². The van der Waals surface area contributed by atoms with Crippen molar-refractivity contribution in [3.8, 4) is 0 Å². The van der Waals surface area contributed by atoms with E-state index in [1.54, 1.807) is 12.1 Å². The molecule has 0 radical (unpaired) electrons. The fraction of sp³-hybridized carbons (Fsp3) is 0.235. The van der Waals surface area contributed by atoms with Crippen LogP contribution in [0.25, 0.3) is 0 Å². The summed E-state index contributed by atoms with van der Waals surface area (Å²) in [6, 6.07) is 13.5. The van der Waals surface area contributed by atoms with E-state index >= 15 is 0 Å². The van der Waals surface area contributed by atoms with Gasteiger partial charge in [0.1, 0.15) is 6.54 Å². The number of nitrogens with one attached hydrogen (secondary N) is 2. The Hall–Kier alpha value is -1.36. The third-order valence-corrected chi connectivity index (χ3v) is 4.03. The van der Waals surface area contributed by atoms with Crippen LogP contribution in [0.1, 0.15) is 21.5 Å². The standard InChI is InChI=1S/C17H18BrClN2O/c1-21(2)11-13-5-3-12(4-6-13)10-20-17(22)15-9-14(18)7-8-16(15)19/h3-9H,10-11H2,1-2H3,(H,20,22)/p+1. The first-order chi connectivity index (χ1) is 10.5. The average Bonchev–Trinajstić information content (AvgIpc) is 2.48. The highest BCUT2D eigenvalue weighted by molar-refractivity contribution is 9.10. The highest BCUT2D eigenvalue weighted by Gasteiger charge is 2.10. The van der Waals surface area contributed by atoms with Gasteiger partial charge in [-0.05, 0) is 23.8 Å². The van der Waals surface area contributed by atoms with E-state index in [0.29, 0.717) is 17.1 Å². The maximum absolute atomic E-state index is 12.2. The minimum Gasteiger partial charge on any atom is -0.348 e. The fourth-order valence-corrected chi connectivity index (χ4v) is 2.70. The Morgan fingerprint density at radius 3 is 2.41 bits per heavy atom. The summed E-state index contributed by atoms with van der Waals surface area (Å²) in [5.41, 5.74) is 2.82. The van der Waals surface area contributed by atoms with Gasteiger partial charge in [-0.3, -0.25) is 4.79 Å². The Morgan fingerprint density at radius 1 is 1.14 bits per heavy atom. The first-order valence-electron chi connectivity index (χ1n) is 7.06. The van der Waals surface area contributed by atoms with Crippen molar-refractivity contribution >= 4 is 33.4 Å². The molecule has 22 heavy (non-hydrogen) atoms. The van der Waals surface area contributed by atoms with Crippen LogP contribution in [-0.4, -0.2) is 20.0 Å². The number of halogens is 2. The van der Waals surface area contributed by atoms with Gasteiger partial charge in [0.05, 0.1) is 24.7 Å². The lowest BCUT2D eigenvalue weighted by Gasteiger charge is -2.09. The van der Waals surface area contributed by atoms with Gasteiger partial charge in [-0.2, -0.15) is 0 Å². The van der Waals surface area contributed by atoms with Gasteiger partial charge in [0.25, 0.3) is 5.91 Å². The van der Waals surface area contributed by atoms with Crippen molar-refractivity contribution in [1.82, 2.24) is 5.32 Å². The zero-order valence-corrected chi connectivity index (χ0v) is 15.0. The third-order valence-electron chi connectivity index (χ3n) is 3.21. The lowest BCUT2D eigenvalue weighted by molar-refractivity contribution is -0.872. The van der Waals surface area contributed by atoms with Gasteiger partial charge in [-0.15, -0.1) is 0 Å². The van der Waals surface area contributed by atoms with E-state index in [1.165, 1.54) is 10.5 Å². The largest absolute Gasteiger partial charge is 0.348 e. The summed E-state index contributed by atoms with van der Waals surface area (Å²) in [4.78, 5) is 13.6. The predicted molar refractivity (Wildman–Crippen MR) is 93.3 cm³/mol. The van der Waals surface area contributed by atoms with Gasteiger partial charge in [-0.1, -0.05) is 51.8 Å². The van der Waals surface area contributed by atoms with E-state index in [4.69, 9.17) is 11.6 Å². The predicted octanol–water partition coefficient (Wildman–Crippen LogP) is 2.68. The average molecular weight is 383 g/mol. The first-order valence-corrected chi connectivity index (χ1v) is 8.23. The van der Waals surface area contributed by atoms with Crippen molar-refractivity contribution in [2.45, 2.75) is 13.1 Å². The molecule has 2 rings (SSSR count). The number of quaternary nitrogens is 1. The SMILES string of the molecule is C[NH+](C)Cc1ccc(CNC(=O)c2cc(Br)ccc2Cl)cc1. The summed E-state index contributed by atoms with van der Waals surface area (Å²) >= 11 is 9.41. The second-order valence-corrected chi connectivity index (χ2v) is 6.83. The molecule has 0 aliphatic carbocycles. The summed E-state index contributed by atoms with van der Waals surface area (Å²) in [6.45, 7) is 1.47. The van der Waals surface area contributed by atoms with Crippen LogP contribution < -0.4 is 10.2 Å². The van der Waals surface area contributed by atoms with E-state index in [1.807, 2.05) is 18.2 Å². The minimum atomic E-state index is -0.173. The van der Waals surface area contributed by atoms with Crippen molar-refractivity contribution in [3.63, 3.8) is 0 Å². The van der Waals surface area contributed by atoms with E-state index in [9.17, 15) is 4.79 Å². The van der Waals surface area contributed by atoms with Gasteiger partial charge in [0.2, 0.25) is 0 Å². The van der Waals surface area contributed by atoms with Crippen LogP contribution in [0.2, 0.25) is 5.02 Å². The molecule has 0 aliphatic heterocycles. The normalized spacial score (nSPS) is 10.8. The molecular weight excluding hydrogens is 364 g/mol. The Balaban J connectivity index is 1.97. The van der Waals surface area contributed by atoms with Crippen molar-refractivity contribution in [1.29, 1.82) is 0 Å². The number of carbonyl (C=O) groups is 1. The highest BCUT2D eigenvalue weighted by Crippen LogP contribution is 2.20. The molecule has 0 bridgehead atoms. The molecule has 0 heterocycles. The highest BCUT2D eigenvalue weighted by atomic mass is 79.9. The summed E-state index contributed by atoms with van der Waals surface area (Å²) in [5, 5.41) is 3.34. The van der Waals surface area contributed by atoms with Crippen molar-refractivity contribution in [3.05, 3.63) is 68.7 Å². The van der Waals surface area contributed by atoms with Crippen LogP contribution in [0.5, 0.6) is 0 Å². The molecule has 2 N–H and O–H groups in total. The van der Waals surface area contributed by atoms with Gasteiger partial charge in [0, 0.05) is 16.6 Å². The molecule has 0 saturated carbocycles. The molecule has 2 aromatic carbocycles. The lowest BCUT2D eigenvalue weighted by atomic mass is 10.1. The summed E-state index contributed by atoms with van der Waals surface area (Å²) in [5.74, 6) is -0.173. The Bertz CT molecular complexity index is 656. The monoisotopic (exact) mass is 381 g/mol. The van der Waals surface area contributed by atoms with Crippen LogP contribution in [0, 0.1) is 0 Å². The molecule has 0 spiro atoms. The molecule has 5 heteroatoms. The summed E-state index contributed by atoms with van der Waals surface area (Å²) in [7, 11) is 4.24. The van der Waals surface area contributed by atoms with Crippen LogP contribution in [-0.2, 0) is 13.1 Å². The van der Waals surface area contributed by atoms with E-state index in [0.717, 1.165) is 16.6 Å². The molecule has 0 atom stereocenters. The van der Waals surface area contributed by atoms with Gasteiger partial charge in [0.15, 0.2) is 0 Å². The van der Waals surface area contributed by atoms with E-state index < -0.39 is 0 Å². The molecule has 2 aromatic rings. The molecule has 1 amide bonds. The van der Waals surface area contributed by atoms with Gasteiger partial charge >= 0.3 is 0 Å². The van der Waals surface area contributed by atoms with Crippen molar-refractivity contribution in [2.75, 3.05) is 14.1 Å². The number of carbonyl (C=O) groups excluding carboxylic acids is 1. The molecule has 0 aliphatic rings. The number of amides is 1. The Morgan fingerprint density at radius 2 is 1.77 bits per heavy atom. The second-order valence-electron chi connectivity index (χ2n) is 5.51. The van der Waals surface area contributed by atoms with Crippen LogP contribution in [0.4, 0.5) is 0 Å². The molecule has 0 aromatic heterocycles. The van der Waals surface area contributed by atoms with E-state index in [-0.39, 0.29) is 5.91 Å². The van der Waals surface area contributed by atoms with Crippen LogP contribution in [0.3, 0.4) is 0 Å². The molecule has 0 unspecified atom stereocenters. The number of hydrogen-bond donors (Lipinski definition) is 2. The molecule has 3 nitrogen and oxygen atoms in total. The Labute approximate surface area is 144 Å². The second kappa shape index (κ2) is 7.77. The lowest BCUT2D eigenvalue weighted by Crippen LogP contribution is -3.04.